The standard InChI is InChI=1S/C26H37N3O2/c1-25-15-22-26(25,2)24(29(22)16-17-4-5-17)23(30)20-7-6-19(14-21(20)25)27-18-8-10-28(11-9-18)12-13-31-3/h6-7,14,17-18,22,24,27H,4-5,8-13,15-16H2,1-3H3/t22?,24-,25+,26?/m1/s1. The number of hydrogen-bond donors (Lipinski definition) is 1. The number of fused-ring (bicyclic) bond motifs is 2. The van der Waals surface area contributed by atoms with Crippen LogP contribution in [0.1, 0.15) is 61.9 Å². The van der Waals surface area contributed by atoms with Crippen LogP contribution in [0.15, 0.2) is 18.2 Å². The van der Waals surface area contributed by atoms with Gasteiger partial charge in [0.15, 0.2) is 5.78 Å². The quantitative estimate of drug-likeness (QED) is 0.727. The van der Waals surface area contributed by atoms with Gasteiger partial charge < -0.3 is 15.0 Å². The van der Waals surface area contributed by atoms with E-state index in [-0.39, 0.29) is 16.9 Å². The molecule has 0 radical (unpaired) electrons. The van der Waals surface area contributed by atoms with Crippen LogP contribution in [0.25, 0.3) is 0 Å². The van der Waals surface area contributed by atoms with Gasteiger partial charge in [-0.25, -0.2) is 0 Å². The Labute approximate surface area is 186 Å². The number of nitrogens with zero attached hydrogens (tertiary/aromatic N) is 2. The van der Waals surface area contributed by atoms with Crippen LogP contribution in [0.2, 0.25) is 0 Å². The summed E-state index contributed by atoms with van der Waals surface area (Å²) in [5.74, 6) is 1.22. The van der Waals surface area contributed by atoms with Gasteiger partial charge in [-0.1, -0.05) is 13.8 Å². The first-order valence-electron chi connectivity index (χ1n) is 12.4. The van der Waals surface area contributed by atoms with Crippen LogP contribution in [-0.2, 0) is 10.2 Å². The van der Waals surface area contributed by atoms with E-state index in [1.165, 1.54) is 30.5 Å². The van der Waals surface area contributed by atoms with Crippen molar-refractivity contribution in [3.05, 3.63) is 29.3 Å². The van der Waals surface area contributed by atoms with Gasteiger partial charge in [0.2, 0.25) is 0 Å². The first kappa shape index (κ1) is 20.2. The van der Waals surface area contributed by atoms with Crippen molar-refractivity contribution in [3.63, 3.8) is 0 Å². The van der Waals surface area contributed by atoms with Crippen molar-refractivity contribution in [1.82, 2.24) is 9.80 Å². The Hall–Kier alpha value is -1.43. The lowest BCUT2D eigenvalue weighted by Gasteiger charge is -2.79. The van der Waals surface area contributed by atoms with Crippen LogP contribution < -0.4 is 5.32 Å². The lowest BCUT2D eigenvalue weighted by Crippen LogP contribution is -2.87. The van der Waals surface area contributed by atoms with Gasteiger partial charge in [0.1, 0.15) is 0 Å². The minimum atomic E-state index is 0.111. The number of benzene rings is 1. The van der Waals surface area contributed by atoms with E-state index < -0.39 is 0 Å². The Morgan fingerprint density at radius 2 is 1.94 bits per heavy atom. The molecule has 0 aromatic heterocycles. The molecule has 5 nitrogen and oxygen atoms in total. The number of Topliss-reactive ketones (excluding diaryl/α,β-unsaturated/α-hetero) is 1. The number of nitrogens with one attached hydrogen (secondary N) is 1. The van der Waals surface area contributed by atoms with Crippen molar-refractivity contribution in [2.24, 2.45) is 11.3 Å². The number of carbonyl (C=O) groups excluding carboxylic acids is 1. The highest BCUT2D eigenvalue weighted by molar-refractivity contribution is 6.06. The number of carbonyl (C=O) groups is 1. The SMILES string of the molecule is COCCN1CCC(Nc2ccc3c(c2)[C@]2(C)CC4N(CC5CC5)[C@H](C3=O)C42C)CC1. The van der Waals surface area contributed by atoms with Gasteiger partial charge in [-0.3, -0.25) is 9.69 Å². The van der Waals surface area contributed by atoms with Crippen molar-refractivity contribution in [1.29, 1.82) is 0 Å². The highest BCUT2D eigenvalue weighted by atomic mass is 16.5. The summed E-state index contributed by atoms with van der Waals surface area (Å²) in [7, 11) is 1.77. The second-order valence-corrected chi connectivity index (χ2v) is 11.3. The van der Waals surface area contributed by atoms with Gasteiger partial charge in [0, 0.05) is 67.5 Å². The fourth-order valence-electron chi connectivity index (χ4n) is 7.31. The molecule has 5 aliphatic rings. The summed E-state index contributed by atoms with van der Waals surface area (Å²) in [5, 5.41) is 3.80. The summed E-state index contributed by atoms with van der Waals surface area (Å²) >= 11 is 0. The Balaban J connectivity index is 1.19. The maximum absolute atomic E-state index is 13.5. The van der Waals surface area contributed by atoms with E-state index in [9.17, 15) is 4.79 Å². The Kier molecular flexibility index (Phi) is 4.58. The van der Waals surface area contributed by atoms with Crippen LogP contribution in [0, 0.1) is 11.3 Å². The molecule has 2 saturated carbocycles. The van der Waals surface area contributed by atoms with Crippen LogP contribution >= 0.6 is 0 Å². The van der Waals surface area contributed by atoms with Crippen molar-refractivity contribution < 1.29 is 9.53 Å². The molecule has 0 spiro atoms. The third-order valence-electron chi connectivity index (χ3n) is 9.65. The number of ketones is 1. The van der Waals surface area contributed by atoms with E-state index >= 15 is 0 Å². The highest BCUT2D eigenvalue weighted by Gasteiger charge is 2.78. The first-order chi connectivity index (χ1) is 15.0. The third-order valence-corrected chi connectivity index (χ3v) is 9.65. The minimum Gasteiger partial charge on any atom is -0.383 e. The molecule has 1 N–H and O–H groups in total. The molecule has 2 aliphatic heterocycles. The fourth-order valence-corrected chi connectivity index (χ4v) is 7.31. The molecule has 1 aromatic rings. The average Bonchev–Trinajstić information content (AvgIpc) is 3.59. The van der Waals surface area contributed by atoms with Gasteiger partial charge in [-0.15, -0.1) is 0 Å². The number of likely N-dealkylation sites (tertiary alicyclic amines) is 2. The topological polar surface area (TPSA) is 44.8 Å². The second kappa shape index (κ2) is 7.03. The van der Waals surface area contributed by atoms with E-state index in [1.807, 2.05) is 0 Å². The molecule has 2 heterocycles. The summed E-state index contributed by atoms with van der Waals surface area (Å²) in [4.78, 5) is 18.6. The van der Waals surface area contributed by atoms with Crippen LogP contribution in [0.3, 0.4) is 0 Å². The van der Waals surface area contributed by atoms with Crippen LogP contribution in [-0.4, -0.2) is 73.6 Å². The third kappa shape index (κ3) is 2.82. The molecule has 1 aromatic carbocycles. The van der Waals surface area contributed by atoms with E-state index in [0.29, 0.717) is 17.9 Å². The van der Waals surface area contributed by atoms with Crippen molar-refractivity contribution in [2.75, 3.05) is 45.2 Å². The maximum Gasteiger partial charge on any atom is 0.180 e. The maximum atomic E-state index is 13.5. The summed E-state index contributed by atoms with van der Waals surface area (Å²) in [6, 6.07) is 7.83. The largest absolute Gasteiger partial charge is 0.383 e. The van der Waals surface area contributed by atoms with Gasteiger partial charge in [-0.05, 0) is 61.8 Å². The van der Waals surface area contributed by atoms with Gasteiger partial charge in [0.25, 0.3) is 0 Å². The molecule has 2 unspecified atom stereocenters. The molecule has 3 aliphatic carbocycles. The number of hydrogen-bond acceptors (Lipinski definition) is 5. The molecule has 31 heavy (non-hydrogen) atoms. The number of piperidine rings is 2. The number of methoxy groups -OCH3 is 1. The predicted molar refractivity (Wildman–Crippen MR) is 123 cm³/mol. The van der Waals surface area contributed by atoms with Gasteiger partial charge in [0.05, 0.1) is 12.6 Å². The van der Waals surface area contributed by atoms with Gasteiger partial charge in [-0.2, -0.15) is 0 Å². The fraction of sp³-hybridized carbons (Fsp3) is 0.731. The van der Waals surface area contributed by atoms with Crippen molar-refractivity contribution >= 4 is 11.5 Å². The van der Waals surface area contributed by atoms with Crippen molar-refractivity contribution in [3.8, 4) is 0 Å². The van der Waals surface area contributed by atoms with Crippen LogP contribution in [0.4, 0.5) is 5.69 Å². The second-order valence-electron chi connectivity index (χ2n) is 11.3. The monoisotopic (exact) mass is 423 g/mol. The molecule has 168 valence electrons. The predicted octanol–water partition coefficient (Wildman–Crippen LogP) is 3.54. The molecular formula is C26H37N3O2. The lowest BCUT2D eigenvalue weighted by atomic mass is 9.35. The smallest absolute Gasteiger partial charge is 0.180 e. The normalized spacial score (nSPS) is 37.6. The van der Waals surface area contributed by atoms with Gasteiger partial charge >= 0.3 is 0 Å². The zero-order chi connectivity index (χ0) is 21.4. The summed E-state index contributed by atoms with van der Waals surface area (Å²) in [6.07, 6.45) is 6.24. The van der Waals surface area contributed by atoms with E-state index in [2.05, 4.69) is 47.2 Å². The summed E-state index contributed by atoms with van der Waals surface area (Å²) in [5.41, 5.74) is 3.75. The Morgan fingerprint density at radius 1 is 1.16 bits per heavy atom. The molecule has 4 fully saturated rings. The molecule has 4 atom stereocenters. The van der Waals surface area contributed by atoms with Crippen molar-refractivity contribution in [2.45, 2.75) is 69.5 Å². The number of rotatable bonds is 7. The first-order valence-corrected chi connectivity index (χ1v) is 12.4. The average molecular weight is 424 g/mol. The Morgan fingerprint density at radius 3 is 2.65 bits per heavy atom. The van der Waals surface area contributed by atoms with E-state index in [4.69, 9.17) is 4.74 Å². The number of ether oxygens (including phenoxy) is 1. The zero-order valence-corrected chi connectivity index (χ0v) is 19.3. The highest BCUT2D eigenvalue weighted by Crippen LogP contribution is 2.72. The lowest BCUT2D eigenvalue weighted by molar-refractivity contribution is -0.235. The number of anilines is 1. The summed E-state index contributed by atoms with van der Waals surface area (Å²) < 4.78 is 5.22. The zero-order valence-electron chi connectivity index (χ0n) is 19.3. The molecule has 0 bridgehead atoms. The molecule has 2 saturated heterocycles. The van der Waals surface area contributed by atoms with E-state index in [0.717, 1.165) is 57.1 Å². The molecule has 0 amide bonds. The molecular weight excluding hydrogens is 386 g/mol. The van der Waals surface area contributed by atoms with Crippen LogP contribution in [0.5, 0.6) is 0 Å². The van der Waals surface area contributed by atoms with E-state index in [1.54, 1.807) is 7.11 Å². The summed E-state index contributed by atoms with van der Waals surface area (Å²) in [6.45, 7) is 10.1. The minimum absolute atomic E-state index is 0.111. The Bertz CT molecular complexity index is 891. The molecule has 6 rings (SSSR count). The molecule has 5 heteroatoms.